The van der Waals surface area contributed by atoms with E-state index in [1.165, 1.54) is 32.1 Å². The van der Waals surface area contributed by atoms with Crippen LogP contribution in [0.25, 0.3) is 0 Å². The first kappa shape index (κ1) is 15.8. The fourth-order valence-corrected chi connectivity index (χ4v) is 4.82. The Balaban J connectivity index is 1.34. The second-order valence-corrected chi connectivity index (χ2v) is 7.60. The maximum absolute atomic E-state index is 12.4. The maximum Gasteiger partial charge on any atom is 0.319 e. The quantitative estimate of drug-likeness (QED) is 0.790. The lowest BCUT2D eigenvalue weighted by Gasteiger charge is -2.46. The predicted octanol–water partition coefficient (Wildman–Crippen LogP) is 1.95. The van der Waals surface area contributed by atoms with Gasteiger partial charge in [-0.2, -0.15) is 0 Å². The molecular weight excluding hydrogens is 302 g/mol. The Morgan fingerprint density at radius 2 is 1.88 bits per heavy atom. The number of hydrogen-bond acceptors (Lipinski definition) is 2. The summed E-state index contributed by atoms with van der Waals surface area (Å²) in [5.74, 6) is 0.753. The fraction of sp³-hybridized carbons (Fsp3) is 0.632. The van der Waals surface area contributed by atoms with Crippen LogP contribution in [0.4, 0.5) is 10.5 Å². The lowest BCUT2D eigenvalue weighted by molar-refractivity contribution is -0.971. The molecular formula is C19H28N3O2+. The van der Waals surface area contributed by atoms with Gasteiger partial charge in [-0.15, -0.1) is 0 Å². The maximum atomic E-state index is 12.4. The number of carbonyl (C=O) groups is 1. The zero-order chi connectivity index (χ0) is 16.5. The van der Waals surface area contributed by atoms with Crippen LogP contribution >= 0.6 is 0 Å². The molecule has 2 saturated heterocycles. The highest BCUT2D eigenvalue weighted by atomic mass is 16.5. The number of anilines is 1. The average molecular weight is 330 g/mol. The molecule has 5 nitrogen and oxygen atoms in total. The summed E-state index contributed by atoms with van der Waals surface area (Å²) in [6.45, 7) is 0. The van der Waals surface area contributed by atoms with Gasteiger partial charge in [-0.05, 0) is 31.4 Å². The van der Waals surface area contributed by atoms with E-state index in [0.717, 1.165) is 42.4 Å². The Morgan fingerprint density at radius 1 is 1.12 bits per heavy atom. The number of carbonyl (C=O) groups excluding carboxylic acids is 1. The number of nitrogens with one attached hydrogen (secondary N) is 3. The Bertz CT molecular complexity index is 588. The lowest BCUT2D eigenvalue weighted by atomic mass is 9.81. The summed E-state index contributed by atoms with van der Waals surface area (Å²) < 4.78 is 5.20. The number of quaternary nitrogens is 1. The first-order valence-corrected chi connectivity index (χ1v) is 9.31. The Labute approximate surface area is 143 Å². The van der Waals surface area contributed by atoms with Crippen molar-refractivity contribution in [2.24, 2.45) is 0 Å². The molecule has 1 saturated carbocycles. The largest absolute Gasteiger partial charge is 0.497 e. The van der Waals surface area contributed by atoms with Gasteiger partial charge in [-0.25, -0.2) is 4.79 Å². The van der Waals surface area contributed by atoms with E-state index < -0.39 is 0 Å². The minimum atomic E-state index is -0.0961. The summed E-state index contributed by atoms with van der Waals surface area (Å²) in [6, 6.07) is 10.1. The van der Waals surface area contributed by atoms with Gasteiger partial charge in [0.2, 0.25) is 0 Å². The van der Waals surface area contributed by atoms with E-state index in [-0.39, 0.29) is 6.03 Å². The van der Waals surface area contributed by atoms with Crippen molar-refractivity contribution in [3.05, 3.63) is 24.3 Å². The van der Waals surface area contributed by atoms with Gasteiger partial charge in [0.25, 0.3) is 0 Å². The third-order valence-electron chi connectivity index (χ3n) is 5.90. The van der Waals surface area contributed by atoms with Gasteiger partial charge in [0.1, 0.15) is 5.75 Å². The highest BCUT2D eigenvalue weighted by Gasteiger charge is 2.48. The van der Waals surface area contributed by atoms with Gasteiger partial charge < -0.3 is 20.3 Å². The molecule has 2 aliphatic heterocycles. The van der Waals surface area contributed by atoms with Gasteiger partial charge in [-0.1, -0.05) is 6.07 Å². The van der Waals surface area contributed by atoms with E-state index in [9.17, 15) is 4.79 Å². The number of hydrogen-bond donors (Lipinski definition) is 3. The normalized spacial score (nSPS) is 32.0. The molecule has 0 aromatic heterocycles. The molecule has 3 aliphatic rings. The monoisotopic (exact) mass is 330 g/mol. The third kappa shape index (κ3) is 3.36. The molecule has 4 atom stereocenters. The molecule has 1 aromatic carbocycles. The number of methoxy groups -OCH3 is 1. The van der Waals surface area contributed by atoms with Crippen molar-refractivity contribution >= 4 is 11.7 Å². The summed E-state index contributed by atoms with van der Waals surface area (Å²) in [5.41, 5.74) is 0.771. The number of benzene rings is 1. The summed E-state index contributed by atoms with van der Waals surface area (Å²) >= 11 is 0. The molecule has 2 unspecified atom stereocenters. The van der Waals surface area contributed by atoms with Gasteiger partial charge in [0, 0.05) is 43.5 Å². The zero-order valence-corrected chi connectivity index (χ0v) is 14.4. The number of amides is 2. The molecule has 4 rings (SSSR count). The van der Waals surface area contributed by atoms with Crippen LogP contribution in [0.2, 0.25) is 0 Å². The van der Waals surface area contributed by atoms with E-state index in [0.29, 0.717) is 6.04 Å². The molecule has 3 fully saturated rings. The first-order chi connectivity index (χ1) is 11.7. The minimum Gasteiger partial charge on any atom is -0.497 e. The van der Waals surface area contributed by atoms with Crippen molar-refractivity contribution in [1.29, 1.82) is 0 Å². The molecule has 24 heavy (non-hydrogen) atoms. The van der Waals surface area contributed by atoms with Crippen LogP contribution in [-0.2, 0) is 0 Å². The van der Waals surface area contributed by atoms with Crippen molar-refractivity contribution in [2.45, 2.75) is 69.1 Å². The molecule has 3 N–H and O–H groups in total. The zero-order valence-electron chi connectivity index (χ0n) is 14.4. The molecule has 2 heterocycles. The SMILES string of the molecule is COc1cccc(NC(=O)NC2C[C@H]3CCC[C@@H](C2)[NH+]3C2CC2)c1. The fourth-order valence-electron chi connectivity index (χ4n) is 4.82. The van der Waals surface area contributed by atoms with E-state index in [2.05, 4.69) is 10.6 Å². The Hall–Kier alpha value is -1.75. The standard InChI is InChI=1S/C19H27N3O2/c1-24-18-7-2-4-13(12-18)20-19(23)21-14-10-16-5-3-6-17(11-14)22(16)15-8-9-15/h2,4,7,12,14-17H,3,5-6,8-11H2,1H3,(H2,20,21,23)/p+1/t14?,16-,17+. The molecule has 2 amide bonds. The van der Waals surface area contributed by atoms with Gasteiger partial charge in [0.15, 0.2) is 0 Å². The van der Waals surface area contributed by atoms with Crippen LogP contribution in [0.1, 0.15) is 44.9 Å². The Kier molecular flexibility index (Phi) is 4.35. The van der Waals surface area contributed by atoms with Crippen molar-refractivity contribution in [3.8, 4) is 5.75 Å². The number of fused-ring (bicyclic) bond motifs is 2. The van der Waals surface area contributed by atoms with E-state index >= 15 is 0 Å². The van der Waals surface area contributed by atoms with Crippen LogP contribution in [-0.4, -0.2) is 37.3 Å². The molecule has 1 aromatic rings. The Morgan fingerprint density at radius 3 is 2.54 bits per heavy atom. The molecule has 5 heteroatoms. The lowest BCUT2D eigenvalue weighted by Crippen LogP contribution is -3.22. The molecule has 0 spiro atoms. The van der Waals surface area contributed by atoms with Crippen LogP contribution in [0.3, 0.4) is 0 Å². The second kappa shape index (κ2) is 6.63. The van der Waals surface area contributed by atoms with Crippen molar-refractivity contribution in [1.82, 2.24) is 5.32 Å². The van der Waals surface area contributed by atoms with Crippen LogP contribution in [0.15, 0.2) is 24.3 Å². The average Bonchev–Trinajstić information content (AvgIpc) is 3.39. The molecule has 1 aliphatic carbocycles. The van der Waals surface area contributed by atoms with Crippen LogP contribution < -0.4 is 20.3 Å². The smallest absolute Gasteiger partial charge is 0.319 e. The topological polar surface area (TPSA) is 54.8 Å². The molecule has 130 valence electrons. The summed E-state index contributed by atoms with van der Waals surface area (Å²) in [6.07, 6.45) is 9.12. The molecule has 0 radical (unpaired) electrons. The number of piperidine rings is 2. The van der Waals surface area contributed by atoms with E-state index in [1.807, 2.05) is 29.2 Å². The summed E-state index contributed by atoms with van der Waals surface area (Å²) in [7, 11) is 1.63. The second-order valence-electron chi connectivity index (χ2n) is 7.60. The summed E-state index contributed by atoms with van der Waals surface area (Å²) in [4.78, 5) is 14.2. The van der Waals surface area contributed by atoms with Gasteiger partial charge >= 0.3 is 6.03 Å². The van der Waals surface area contributed by atoms with E-state index in [4.69, 9.17) is 4.74 Å². The highest BCUT2D eigenvalue weighted by Crippen LogP contribution is 2.27. The van der Waals surface area contributed by atoms with Crippen LogP contribution in [0.5, 0.6) is 5.75 Å². The first-order valence-electron chi connectivity index (χ1n) is 9.31. The van der Waals surface area contributed by atoms with Crippen molar-refractivity contribution in [3.63, 3.8) is 0 Å². The van der Waals surface area contributed by atoms with Gasteiger partial charge in [-0.3, -0.25) is 0 Å². The van der Waals surface area contributed by atoms with Crippen molar-refractivity contribution < 1.29 is 14.4 Å². The summed E-state index contributed by atoms with van der Waals surface area (Å²) in [5, 5.41) is 6.15. The minimum absolute atomic E-state index is 0.0961. The van der Waals surface area contributed by atoms with Crippen LogP contribution in [0, 0.1) is 0 Å². The number of urea groups is 1. The molecule has 2 bridgehead atoms. The van der Waals surface area contributed by atoms with Gasteiger partial charge in [0.05, 0.1) is 25.2 Å². The third-order valence-corrected chi connectivity index (χ3v) is 5.90. The van der Waals surface area contributed by atoms with Crippen molar-refractivity contribution in [2.75, 3.05) is 12.4 Å². The predicted molar refractivity (Wildman–Crippen MR) is 93.6 cm³/mol. The van der Waals surface area contributed by atoms with E-state index in [1.54, 1.807) is 7.11 Å². The number of rotatable bonds is 4. The number of ether oxygens (including phenoxy) is 1. The highest BCUT2D eigenvalue weighted by molar-refractivity contribution is 5.89.